The Morgan fingerprint density at radius 2 is 2.00 bits per heavy atom. The van der Waals surface area contributed by atoms with Crippen LogP contribution in [0.5, 0.6) is 0 Å². The number of benzene rings is 1. The number of fused-ring (bicyclic) bond motifs is 1. The minimum atomic E-state index is -0.875. The molecule has 0 saturated heterocycles. The Hall–Kier alpha value is -0.680. The number of carbonyl (C=O) groups is 1. The van der Waals surface area contributed by atoms with Crippen LogP contribution >= 0.6 is 16.1 Å². The lowest BCUT2D eigenvalue weighted by atomic mass is 9.80. The van der Waals surface area contributed by atoms with Crippen LogP contribution in [0.15, 0.2) is 18.2 Å². The van der Waals surface area contributed by atoms with Crippen molar-refractivity contribution in [3.8, 4) is 0 Å². The van der Waals surface area contributed by atoms with Crippen molar-refractivity contribution >= 4 is 33.5 Å². The molecule has 0 unspecified atom stereocenters. The minimum Gasteiger partial charge on any atom is -1.00 e. The van der Waals surface area contributed by atoms with Crippen LogP contribution in [0.1, 0.15) is 36.7 Å². The van der Waals surface area contributed by atoms with Crippen molar-refractivity contribution in [2.45, 2.75) is 26.2 Å². The first-order valence-corrected chi connectivity index (χ1v) is 5.75. The highest BCUT2D eigenvalue weighted by Crippen LogP contribution is 2.42. The Kier molecular flexibility index (Phi) is 3.84. The van der Waals surface area contributed by atoms with Gasteiger partial charge in [0.05, 0.1) is 16.5 Å². The Labute approximate surface area is 119 Å². The fraction of sp³-hybridized carbons (Fsp3) is 0.333. The number of carboxylic acids is 1. The van der Waals surface area contributed by atoms with E-state index in [2.05, 4.69) is 16.1 Å². The Bertz CT molecular complexity index is 521. The number of rotatable bonds is 1. The van der Waals surface area contributed by atoms with E-state index in [0.717, 1.165) is 17.0 Å². The molecule has 0 atom stereocenters. The van der Waals surface area contributed by atoms with Crippen LogP contribution in [-0.4, -0.2) is 20.4 Å². The van der Waals surface area contributed by atoms with Crippen molar-refractivity contribution in [1.82, 2.24) is 0 Å². The van der Waals surface area contributed by atoms with Crippen LogP contribution in [0.25, 0.3) is 0 Å². The highest BCUT2D eigenvalue weighted by atomic mass is 79.9. The zero-order valence-electron chi connectivity index (χ0n) is 9.79. The number of nitrogens with zero attached hydrogens (tertiary/aromatic N) is 1. The summed E-state index contributed by atoms with van der Waals surface area (Å²) in [6, 6.07) is 5.35. The van der Waals surface area contributed by atoms with Gasteiger partial charge in [0.1, 0.15) is 0 Å². The van der Waals surface area contributed by atoms with Gasteiger partial charge in [-0.05, 0) is 19.9 Å². The lowest BCUT2D eigenvalue weighted by molar-refractivity contribution is -0.213. The number of aromatic carboxylic acids is 1. The Morgan fingerprint density at radius 3 is 2.53 bits per heavy atom. The lowest BCUT2D eigenvalue weighted by Crippen LogP contribution is -3.00. The molecule has 0 amide bonds. The SMILES string of the molecule is CC1=[N+](Br)c2cccc(C(=O)O)c2C1(C)C.[Br-]. The number of hydrogen-bond acceptors (Lipinski definition) is 1. The molecule has 0 aliphatic carbocycles. The summed E-state index contributed by atoms with van der Waals surface area (Å²) in [5, 5.41) is 9.21. The summed E-state index contributed by atoms with van der Waals surface area (Å²) in [5.74, 6) is -0.875. The maximum Gasteiger partial charge on any atom is 0.336 e. The Morgan fingerprint density at radius 1 is 1.41 bits per heavy atom. The van der Waals surface area contributed by atoms with Gasteiger partial charge in [-0.3, -0.25) is 0 Å². The average molecular weight is 363 g/mol. The van der Waals surface area contributed by atoms with Crippen LogP contribution in [0.4, 0.5) is 5.69 Å². The van der Waals surface area contributed by atoms with Gasteiger partial charge < -0.3 is 22.1 Å². The quantitative estimate of drug-likeness (QED) is 0.719. The summed E-state index contributed by atoms with van der Waals surface area (Å²) in [4.78, 5) is 11.2. The van der Waals surface area contributed by atoms with Gasteiger partial charge in [-0.25, -0.2) is 4.79 Å². The third-order valence-electron chi connectivity index (χ3n) is 3.31. The molecule has 0 bridgehead atoms. The molecule has 5 heteroatoms. The third kappa shape index (κ3) is 1.95. The van der Waals surface area contributed by atoms with Gasteiger partial charge in [0.25, 0.3) is 0 Å². The molecular weight excluding hydrogens is 350 g/mol. The average Bonchev–Trinajstić information content (AvgIpc) is 2.41. The molecule has 0 radical (unpaired) electrons. The van der Waals surface area contributed by atoms with Crippen molar-refractivity contribution < 1.29 is 30.5 Å². The summed E-state index contributed by atoms with van der Waals surface area (Å²) in [6.45, 7) is 6.07. The second-order valence-corrected chi connectivity index (χ2v) is 5.21. The molecule has 1 N–H and O–H groups in total. The molecule has 1 aromatic carbocycles. The molecule has 92 valence electrons. The molecule has 1 aromatic rings. The van der Waals surface area contributed by atoms with E-state index in [-0.39, 0.29) is 22.4 Å². The molecule has 0 fully saturated rings. The van der Waals surface area contributed by atoms with Crippen LogP contribution in [0.2, 0.25) is 0 Å². The van der Waals surface area contributed by atoms with Gasteiger partial charge in [0.15, 0.2) is 5.71 Å². The van der Waals surface area contributed by atoms with Gasteiger partial charge in [-0.15, -0.1) is 3.60 Å². The summed E-state index contributed by atoms with van der Waals surface area (Å²) in [6.07, 6.45) is 0. The largest absolute Gasteiger partial charge is 1.00 e. The first kappa shape index (κ1) is 14.4. The van der Waals surface area contributed by atoms with E-state index < -0.39 is 5.97 Å². The van der Waals surface area contributed by atoms with E-state index in [1.165, 1.54) is 0 Å². The molecule has 17 heavy (non-hydrogen) atoms. The van der Waals surface area contributed by atoms with Crippen LogP contribution < -0.4 is 17.0 Å². The molecule has 1 aliphatic rings. The van der Waals surface area contributed by atoms with Crippen LogP contribution in [-0.2, 0) is 5.41 Å². The summed E-state index contributed by atoms with van der Waals surface area (Å²) in [5.41, 5.74) is 3.01. The van der Waals surface area contributed by atoms with Gasteiger partial charge in [-0.2, -0.15) is 0 Å². The predicted octanol–water partition coefficient (Wildman–Crippen LogP) is 0.0948. The Balaban J connectivity index is 0.00000144. The minimum absolute atomic E-state index is 0. The number of halogens is 2. The van der Waals surface area contributed by atoms with E-state index in [1.54, 1.807) is 12.1 Å². The highest BCUT2D eigenvalue weighted by molar-refractivity contribution is 9.05. The van der Waals surface area contributed by atoms with E-state index >= 15 is 0 Å². The van der Waals surface area contributed by atoms with Crippen LogP contribution in [0, 0.1) is 0 Å². The molecule has 0 saturated carbocycles. The first-order chi connectivity index (χ1) is 7.37. The maximum atomic E-state index is 11.2. The monoisotopic (exact) mass is 361 g/mol. The molecule has 0 spiro atoms. The number of carboxylic acid groups (broad SMARTS) is 1. The van der Waals surface area contributed by atoms with Crippen molar-refractivity contribution in [3.05, 3.63) is 29.3 Å². The highest BCUT2D eigenvalue weighted by Gasteiger charge is 2.45. The molecule has 1 heterocycles. The third-order valence-corrected chi connectivity index (χ3v) is 4.22. The van der Waals surface area contributed by atoms with E-state index in [1.807, 2.05) is 30.4 Å². The summed E-state index contributed by atoms with van der Waals surface area (Å²) >= 11 is 3.46. The fourth-order valence-electron chi connectivity index (χ4n) is 2.15. The molecule has 3 nitrogen and oxygen atoms in total. The molecule has 1 aliphatic heterocycles. The zero-order chi connectivity index (χ0) is 12.1. The smallest absolute Gasteiger partial charge is 0.336 e. The second-order valence-electron chi connectivity index (χ2n) is 4.50. The lowest BCUT2D eigenvalue weighted by Gasteiger charge is -2.16. The van der Waals surface area contributed by atoms with E-state index in [0.29, 0.717) is 5.56 Å². The van der Waals surface area contributed by atoms with Gasteiger partial charge in [-0.1, -0.05) is 6.07 Å². The normalized spacial score (nSPS) is 16.5. The molecule has 0 aromatic heterocycles. The van der Waals surface area contributed by atoms with Crippen molar-refractivity contribution in [1.29, 1.82) is 0 Å². The molecular formula is C12H13Br2NO2. The van der Waals surface area contributed by atoms with Crippen molar-refractivity contribution in [2.24, 2.45) is 0 Å². The van der Waals surface area contributed by atoms with Gasteiger partial charge >= 0.3 is 22.1 Å². The van der Waals surface area contributed by atoms with E-state index in [9.17, 15) is 9.90 Å². The van der Waals surface area contributed by atoms with Crippen molar-refractivity contribution in [2.75, 3.05) is 0 Å². The molecule has 2 rings (SSSR count). The topological polar surface area (TPSA) is 40.3 Å². The van der Waals surface area contributed by atoms with Gasteiger partial charge in [0, 0.05) is 13.0 Å². The summed E-state index contributed by atoms with van der Waals surface area (Å²) < 4.78 is 1.88. The van der Waals surface area contributed by atoms with Crippen molar-refractivity contribution in [3.63, 3.8) is 0 Å². The van der Waals surface area contributed by atoms with E-state index in [4.69, 9.17) is 0 Å². The standard InChI is InChI=1S/C12H12BrNO2.BrH/c1-7-12(2,3)10-8(11(15)16)5-4-6-9(10)14(7)13;/h4-6H,1-3H3;1H. The fourth-order valence-corrected chi connectivity index (χ4v) is 2.88. The first-order valence-electron chi connectivity index (χ1n) is 5.04. The summed E-state index contributed by atoms with van der Waals surface area (Å²) in [7, 11) is 0. The maximum absolute atomic E-state index is 11.2. The van der Waals surface area contributed by atoms with Gasteiger partial charge in [0.2, 0.25) is 5.69 Å². The zero-order valence-corrected chi connectivity index (χ0v) is 13.0. The van der Waals surface area contributed by atoms with Crippen LogP contribution in [0.3, 0.4) is 0 Å². The predicted molar refractivity (Wildman–Crippen MR) is 66.0 cm³/mol. The number of hydrogen-bond donors (Lipinski definition) is 1. The second kappa shape index (κ2) is 4.53.